The van der Waals surface area contributed by atoms with E-state index in [1.807, 2.05) is 0 Å². The lowest BCUT2D eigenvalue weighted by Crippen LogP contribution is -2.43. The summed E-state index contributed by atoms with van der Waals surface area (Å²) in [6.07, 6.45) is -2.92. The van der Waals surface area contributed by atoms with Gasteiger partial charge in [0.05, 0.1) is 12.7 Å². The van der Waals surface area contributed by atoms with E-state index in [0.29, 0.717) is 0 Å². The molecule has 0 saturated carbocycles. The van der Waals surface area contributed by atoms with E-state index in [4.69, 9.17) is 30.1 Å². The third-order valence-electron chi connectivity index (χ3n) is 5.26. The Morgan fingerprint density at radius 3 is 2.56 bits per heavy atom. The largest absolute Gasteiger partial charge is 0.462 e. The first-order chi connectivity index (χ1) is 16.8. The maximum absolute atomic E-state index is 13.6. The van der Waals surface area contributed by atoms with Crippen molar-refractivity contribution in [2.24, 2.45) is 0 Å². The fraction of sp³-hybridized carbons (Fsp3) is 0.500. The van der Waals surface area contributed by atoms with Gasteiger partial charge in [-0.25, -0.2) is 9.36 Å². The van der Waals surface area contributed by atoms with E-state index in [0.717, 1.165) is 10.6 Å². The van der Waals surface area contributed by atoms with Crippen molar-refractivity contribution in [1.29, 1.82) is 0 Å². The molecule has 2 aromatic rings. The minimum Gasteiger partial charge on any atom is -0.462 e. The Labute approximate surface area is 212 Å². The Bertz CT molecular complexity index is 1220. The molecular weight excluding hydrogens is 517 g/mol. The quantitative estimate of drug-likeness (QED) is 0.229. The van der Waals surface area contributed by atoms with Gasteiger partial charge < -0.3 is 19.1 Å². The first-order valence-corrected chi connectivity index (χ1v) is 13.1. The Morgan fingerprint density at radius 2 is 1.94 bits per heavy atom. The van der Waals surface area contributed by atoms with E-state index in [-0.39, 0.29) is 5.75 Å². The van der Waals surface area contributed by atoms with Gasteiger partial charge in [0.2, 0.25) is 0 Å². The fourth-order valence-corrected chi connectivity index (χ4v) is 5.27. The highest BCUT2D eigenvalue weighted by molar-refractivity contribution is 7.52. The maximum atomic E-state index is 13.6. The van der Waals surface area contributed by atoms with Crippen LogP contribution in [0.15, 0.2) is 52.2 Å². The van der Waals surface area contributed by atoms with Crippen LogP contribution in [0.1, 0.15) is 33.9 Å². The number of halogens is 1. The van der Waals surface area contributed by atoms with E-state index in [2.05, 4.69) is 10.1 Å². The Kier molecular flexibility index (Phi) is 8.81. The Morgan fingerprint density at radius 1 is 1.28 bits per heavy atom. The molecule has 1 aliphatic heterocycles. The molecular formula is C22H29ClN3O9P. The predicted molar refractivity (Wildman–Crippen MR) is 130 cm³/mol. The zero-order chi connectivity index (χ0) is 26.7. The summed E-state index contributed by atoms with van der Waals surface area (Å²) in [7, 11) is -4.22. The van der Waals surface area contributed by atoms with Gasteiger partial charge in [0, 0.05) is 12.3 Å². The molecule has 6 atom stereocenters. The van der Waals surface area contributed by atoms with Crippen LogP contribution >= 0.6 is 19.3 Å². The highest BCUT2D eigenvalue weighted by Gasteiger charge is 2.54. The van der Waals surface area contributed by atoms with E-state index in [9.17, 15) is 24.1 Å². The standard InChI is InChI=1S/C22H29ClN3O9P/c1-13(2)33-19(29)14(3)25-36(31,35-15-8-6-5-7-9-15)32-12-16-18(28)22(4,23)20(34-16)26-11-10-17(27)24-21(26)30/h5-11,13-14,16,18,20,28H,12H2,1-4H3,(H,25,31)(H,24,27,30)/t14-,16-,18-,20-,22-,36-/m1/s1. The second kappa shape index (κ2) is 11.3. The second-order valence-corrected chi connectivity index (χ2v) is 11.2. The lowest BCUT2D eigenvalue weighted by molar-refractivity contribution is -0.149. The lowest BCUT2D eigenvalue weighted by Gasteiger charge is -2.26. The third-order valence-corrected chi connectivity index (χ3v) is 7.31. The zero-order valence-corrected chi connectivity index (χ0v) is 21.8. The monoisotopic (exact) mass is 545 g/mol. The van der Waals surface area contributed by atoms with E-state index in [1.165, 1.54) is 20.0 Å². The number of rotatable bonds is 10. The summed E-state index contributed by atoms with van der Waals surface area (Å²) in [6, 6.07) is 8.18. The molecule has 1 aromatic heterocycles. The van der Waals surface area contributed by atoms with E-state index in [1.54, 1.807) is 44.2 Å². The van der Waals surface area contributed by atoms with Gasteiger partial charge in [-0.3, -0.25) is 23.7 Å². The number of nitrogens with one attached hydrogen (secondary N) is 2. The number of carbonyl (C=O) groups excluding carboxylic acids is 1. The predicted octanol–water partition coefficient (Wildman–Crippen LogP) is 1.93. The molecule has 0 unspecified atom stereocenters. The van der Waals surface area contributed by atoms with Gasteiger partial charge in [-0.1, -0.05) is 18.2 Å². The molecule has 0 spiro atoms. The third kappa shape index (κ3) is 6.64. The van der Waals surface area contributed by atoms with Crippen LogP contribution in [0.4, 0.5) is 0 Å². The molecule has 14 heteroatoms. The molecule has 2 heterocycles. The lowest BCUT2D eigenvalue weighted by atomic mass is 10.0. The molecule has 3 rings (SSSR count). The van der Waals surface area contributed by atoms with Gasteiger partial charge in [0.1, 0.15) is 28.9 Å². The first-order valence-electron chi connectivity index (χ1n) is 11.1. The number of alkyl halides is 1. The number of aromatic amines is 1. The molecule has 1 aromatic carbocycles. The molecule has 1 aliphatic rings. The minimum atomic E-state index is -4.22. The van der Waals surface area contributed by atoms with Crippen LogP contribution in [0.5, 0.6) is 5.75 Å². The highest BCUT2D eigenvalue weighted by atomic mass is 35.5. The number of ether oxygens (including phenoxy) is 2. The molecule has 0 bridgehead atoms. The van der Waals surface area contributed by atoms with Crippen LogP contribution in [0.3, 0.4) is 0 Å². The van der Waals surface area contributed by atoms with Crippen LogP contribution in [-0.2, 0) is 23.4 Å². The van der Waals surface area contributed by atoms with Crippen LogP contribution in [0.25, 0.3) is 0 Å². The van der Waals surface area contributed by atoms with Crippen molar-refractivity contribution in [3.05, 3.63) is 63.4 Å². The van der Waals surface area contributed by atoms with Crippen molar-refractivity contribution in [2.45, 2.75) is 63.2 Å². The first kappa shape index (κ1) is 28.1. The Hall–Kier alpha value is -2.47. The number of carbonyl (C=O) groups is 1. The average Bonchev–Trinajstić information content (AvgIpc) is 3.01. The summed E-state index contributed by atoms with van der Waals surface area (Å²) in [5, 5.41) is 13.3. The number of nitrogens with zero attached hydrogens (tertiary/aromatic N) is 1. The summed E-state index contributed by atoms with van der Waals surface area (Å²) < 4.78 is 36.7. The van der Waals surface area contributed by atoms with Crippen LogP contribution < -0.4 is 20.9 Å². The summed E-state index contributed by atoms with van der Waals surface area (Å²) in [6.45, 7) is 5.75. The molecule has 0 amide bonds. The van der Waals surface area contributed by atoms with Gasteiger partial charge >= 0.3 is 19.4 Å². The van der Waals surface area contributed by atoms with Crippen molar-refractivity contribution >= 4 is 25.3 Å². The van der Waals surface area contributed by atoms with Crippen molar-refractivity contribution in [1.82, 2.24) is 14.6 Å². The zero-order valence-electron chi connectivity index (χ0n) is 20.1. The topological polar surface area (TPSA) is 158 Å². The SMILES string of the molecule is CC(C)OC(=O)[C@@H](C)N[P@@](=O)(OC[C@H]1O[C@@H](n2ccc(=O)[nH]c2=O)[C@](C)(Cl)[C@@H]1O)Oc1ccccc1. The van der Waals surface area contributed by atoms with Crippen LogP contribution in [0, 0.1) is 0 Å². The molecule has 0 aliphatic carbocycles. The van der Waals surface area contributed by atoms with Crippen molar-refractivity contribution in [3.8, 4) is 5.75 Å². The summed E-state index contributed by atoms with van der Waals surface area (Å²) >= 11 is 6.52. The van der Waals surface area contributed by atoms with Crippen LogP contribution in [0.2, 0.25) is 0 Å². The smallest absolute Gasteiger partial charge is 0.459 e. The van der Waals surface area contributed by atoms with Crippen molar-refractivity contribution < 1.29 is 33.0 Å². The molecule has 12 nitrogen and oxygen atoms in total. The molecule has 36 heavy (non-hydrogen) atoms. The van der Waals surface area contributed by atoms with Crippen molar-refractivity contribution in [3.63, 3.8) is 0 Å². The number of aliphatic hydroxyl groups excluding tert-OH is 1. The van der Waals surface area contributed by atoms with Crippen LogP contribution in [-0.4, -0.2) is 56.5 Å². The summed E-state index contributed by atoms with van der Waals surface area (Å²) in [5.74, 6) is -0.473. The summed E-state index contributed by atoms with van der Waals surface area (Å²) in [5.41, 5.74) is -1.40. The number of hydrogen-bond donors (Lipinski definition) is 3. The maximum Gasteiger partial charge on any atom is 0.459 e. The van der Waals surface area contributed by atoms with Gasteiger partial charge in [0.15, 0.2) is 6.23 Å². The Balaban J connectivity index is 1.80. The molecule has 1 fully saturated rings. The van der Waals surface area contributed by atoms with Gasteiger partial charge in [0.25, 0.3) is 5.56 Å². The summed E-state index contributed by atoms with van der Waals surface area (Å²) in [4.78, 5) is 36.5. The number of H-pyrrole nitrogens is 1. The van der Waals surface area contributed by atoms with Gasteiger partial charge in [-0.2, -0.15) is 5.09 Å². The second-order valence-electron chi connectivity index (χ2n) is 8.67. The van der Waals surface area contributed by atoms with Gasteiger partial charge in [-0.05, 0) is 39.8 Å². The molecule has 3 N–H and O–H groups in total. The fourth-order valence-electron chi connectivity index (χ4n) is 3.47. The number of para-hydroxylation sites is 1. The van der Waals surface area contributed by atoms with Gasteiger partial charge in [-0.15, -0.1) is 11.6 Å². The van der Waals surface area contributed by atoms with Crippen molar-refractivity contribution in [2.75, 3.05) is 6.61 Å². The number of hydrogen-bond acceptors (Lipinski definition) is 9. The number of benzene rings is 1. The molecule has 0 radical (unpaired) electrons. The normalized spacial score (nSPS) is 26.4. The number of aliphatic hydroxyl groups is 1. The molecule has 198 valence electrons. The highest BCUT2D eigenvalue weighted by Crippen LogP contribution is 2.48. The van der Waals surface area contributed by atoms with E-state index >= 15 is 0 Å². The minimum absolute atomic E-state index is 0.200. The van der Waals surface area contributed by atoms with E-state index < -0.39 is 67.0 Å². The average molecular weight is 546 g/mol. The number of aromatic nitrogens is 2. The molecule has 1 saturated heterocycles. The number of esters is 1.